The van der Waals surface area contributed by atoms with Crippen LogP contribution >= 0.6 is 11.6 Å². The minimum absolute atomic E-state index is 0.0508. The van der Waals surface area contributed by atoms with Crippen molar-refractivity contribution in [1.82, 2.24) is 0 Å². The van der Waals surface area contributed by atoms with Gasteiger partial charge in [-0.05, 0) is 36.1 Å². The molecule has 0 aromatic heterocycles. The number of anilines is 1. The number of nitro groups is 1. The predicted octanol–water partition coefficient (Wildman–Crippen LogP) is 3.83. The predicted molar refractivity (Wildman–Crippen MR) is 79.4 cm³/mol. The van der Waals surface area contributed by atoms with Crippen LogP contribution in [-0.2, 0) is 12.8 Å². The molecular weight excluding hydrogens is 276 g/mol. The summed E-state index contributed by atoms with van der Waals surface area (Å²) in [6.07, 6.45) is 1.75. The molecule has 0 bridgehead atoms. The van der Waals surface area contributed by atoms with Gasteiger partial charge in [0, 0.05) is 6.04 Å². The van der Waals surface area contributed by atoms with E-state index < -0.39 is 4.92 Å². The fourth-order valence-electron chi connectivity index (χ4n) is 2.70. The molecule has 3 rings (SSSR count). The van der Waals surface area contributed by atoms with Crippen molar-refractivity contribution < 1.29 is 4.92 Å². The van der Waals surface area contributed by atoms with E-state index in [0.29, 0.717) is 5.69 Å². The molecule has 0 radical (unpaired) electrons. The number of nitrogens with zero attached hydrogens (tertiary/aromatic N) is 1. The molecule has 1 N–H and O–H groups in total. The highest BCUT2D eigenvalue weighted by atomic mass is 35.5. The molecule has 0 spiro atoms. The zero-order chi connectivity index (χ0) is 14.1. The zero-order valence-electron chi connectivity index (χ0n) is 10.7. The second-order valence-corrected chi connectivity index (χ2v) is 5.32. The minimum Gasteiger partial charge on any atom is -0.376 e. The van der Waals surface area contributed by atoms with Gasteiger partial charge in [-0.25, -0.2) is 0 Å². The summed E-state index contributed by atoms with van der Waals surface area (Å²) in [6.45, 7) is 0. The van der Waals surface area contributed by atoms with Crippen molar-refractivity contribution in [2.75, 3.05) is 5.32 Å². The Hall–Kier alpha value is -2.07. The summed E-state index contributed by atoms with van der Waals surface area (Å²) in [6, 6.07) is 13.4. The van der Waals surface area contributed by atoms with E-state index in [4.69, 9.17) is 11.6 Å². The van der Waals surface area contributed by atoms with Gasteiger partial charge in [-0.3, -0.25) is 10.1 Å². The Morgan fingerprint density at radius 3 is 2.35 bits per heavy atom. The molecule has 0 fully saturated rings. The number of hydrogen-bond acceptors (Lipinski definition) is 3. The molecule has 1 aliphatic carbocycles. The number of nitrogens with one attached hydrogen (secondary N) is 1. The van der Waals surface area contributed by atoms with Crippen LogP contribution in [0.1, 0.15) is 11.1 Å². The topological polar surface area (TPSA) is 55.2 Å². The smallest absolute Gasteiger partial charge is 0.310 e. The lowest BCUT2D eigenvalue weighted by Gasteiger charge is -2.14. The lowest BCUT2D eigenvalue weighted by molar-refractivity contribution is -0.383. The van der Waals surface area contributed by atoms with E-state index in [9.17, 15) is 10.1 Å². The maximum Gasteiger partial charge on any atom is 0.310 e. The van der Waals surface area contributed by atoms with Crippen LogP contribution in [0.4, 0.5) is 11.4 Å². The van der Waals surface area contributed by atoms with E-state index in [1.165, 1.54) is 17.2 Å². The van der Waals surface area contributed by atoms with Gasteiger partial charge in [0.25, 0.3) is 0 Å². The van der Waals surface area contributed by atoms with Crippen molar-refractivity contribution in [2.45, 2.75) is 18.9 Å². The first-order chi connectivity index (χ1) is 9.65. The van der Waals surface area contributed by atoms with E-state index in [0.717, 1.165) is 12.8 Å². The highest BCUT2D eigenvalue weighted by Crippen LogP contribution is 2.34. The van der Waals surface area contributed by atoms with Gasteiger partial charge in [0.1, 0.15) is 10.7 Å². The number of hydrogen-bond donors (Lipinski definition) is 1. The molecule has 4 nitrogen and oxygen atoms in total. The van der Waals surface area contributed by atoms with E-state index in [-0.39, 0.29) is 16.8 Å². The van der Waals surface area contributed by atoms with Crippen molar-refractivity contribution in [3.8, 4) is 0 Å². The van der Waals surface area contributed by atoms with Crippen LogP contribution < -0.4 is 5.32 Å². The van der Waals surface area contributed by atoms with Gasteiger partial charge in [-0.1, -0.05) is 41.9 Å². The molecule has 5 heteroatoms. The molecule has 0 heterocycles. The number of fused-ring (bicyclic) bond motifs is 1. The van der Waals surface area contributed by atoms with Crippen LogP contribution in [-0.4, -0.2) is 11.0 Å². The van der Waals surface area contributed by atoms with Crippen molar-refractivity contribution >= 4 is 23.0 Å². The molecule has 20 heavy (non-hydrogen) atoms. The standard InChI is InChI=1S/C15H13ClN2O2/c16-13-6-3-7-14(15(13)18(19)20)17-12-8-10-4-1-2-5-11(10)9-12/h1-7,12,17H,8-9H2. The van der Waals surface area contributed by atoms with E-state index in [1.807, 2.05) is 12.1 Å². The Morgan fingerprint density at radius 1 is 1.10 bits per heavy atom. The molecule has 1 aliphatic rings. The maximum atomic E-state index is 11.1. The maximum absolute atomic E-state index is 11.1. The monoisotopic (exact) mass is 288 g/mol. The largest absolute Gasteiger partial charge is 0.376 e. The van der Waals surface area contributed by atoms with Crippen LogP contribution in [0.2, 0.25) is 5.02 Å². The highest BCUT2D eigenvalue weighted by Gasteiger charge is 2.25. The number of rotatable bonds is 3. The Morgan fingerprint density at radius 2 is 1.75 bits per heavy atom. The van der Waals surface area contributed by atoms with Gasteiger partial charge in [0.05, 0.1) is 4.92 Å². The summed E-state index contributed by atoms with van der Waals surface area (Å²) in [5.74, 6) is 0. The highest BCUT2D eigenvalue weighted by molar-refractivity contribution is 6.33. The summed E-state index contributed by atoms with van der Waals surface area (Å²) in [5.41, 5.74) is 3.04. The lowest BCUT2D eigenvalue weighted by Crippen LogP contribution is -2.20. The number of nitro benzene ring substituents is 1. The first-order valence-electron chi connectivity index (χ1n) is 6.41. The van der Waals surface area contributed by atoms with Gasteiger partial charge in [-0.15, -0.1) is 0 Å². The van der Waals surface area contributed by atoms with Crippen LogP contribution in [0.5, 0.6) is 0 Å². The molecule has 0 saturated carbocycles. The van der Waals surface area contributed by atoms with Crippen molar-refractivity contribution in [2.24, 2.45) is 0 Å². The second-order valence-electron chi connectivity index (χ2n) is 4.91. The summed E-state index contributed by atoms with van der Waals surface area (Å²) < 4.78 is 0. The molecular formula is C15H13ClN2O2. The minimum atomic E-state index is -0.438. The quantitative estimate of drug-likeness (QED) is 0.690. The summed E-state index contributed by atoms with van der Waals surface area (Å²) in [7, 11) is 0. The van der Waals surface area contributed by atoms with Gasteiger partial charge in [0.2, 0.25) is 0 Å². The van der Waals surface area contributed by atoms with Gasteiger partial charge < -0.3 is 5.32 Å². The third-order valence-corrected chi connectivity index (χ3v) is 3.88. The summed E-state index contributed by atoms with van der Waals surface area (Å²) in [5, 5.41) is 14.5. The molecule has 2 aromatic carbocycles. The molecule has 0 atom stereocenters. The third kappa shape index (κ3) is 2.34. The summed E-state index contributed by atoms with van der Waals surface area (Å²) in [4.78, 5) is 10.7. The van der Waals surface area contributed by atoms with Crippen LogP contribution in [0.3, 0.4) is 0 Å². The molecule has 0 aliphatic heterocycles. The van der Waals surface area contributed by atoms with E-state index >= 15 is 0 Å². The first-order valence-corrected chi connectivity index (χ1v) is 6.79. The van der Waals surface area contributed by atoms with Crippen molar-refractivity contribution in [3.05, 3.63) is 68.7 Å². The zero-order valence-corrected chi connectivity index (χ0v) is 11.4. The second kappa shape index (κ2) is 5.13. The van der Waals surface area contributed by atoms with Gasteiger partial charge in [0.15, 0.2) is 0 Å². The first kappa shape index (κ1) is 12.9. The molecule has 0 saturated heterocycles. The normalized spacial score (nSPS) is 14.1. The fourth-order valence-corrected chi connectivity index (χ4v) is 2.94. The molecule has 102 valence electrons. The van der Waals surface area contributed by atoms with Crippen LogP contribution in [0.15, 0.2) is 42.5 Å². The van der Waals surface area contributed by atoms with Crippen molar-refractivity contribution in [3.63, 3.8) is 0 Å². The Bertz CT molecular complexity index is 648. The fraction of sp³-hybridized carbons (Fsp3) is 0.200. The average Bonchev–Trinajstić information content (AvgIpc) is 2.80. The number of halogens is 1. The molecule has 0 amide bonds. The van der Waals surface area contributed by atoms with E-state index in [1.54, 1.807) is 12.1 Å². The van der Waals surface area contributed by atoms with Crippen molar-refractivity contribution in [1.29, 1.82) is 0 Å². The molecule has 0 unspecified atom stereocenters. The lowest BCUT2D eigenvalue weighted by atomic mass is 10.1. The number of benzene rings is 2. The Labute approximate surface area is 121 Å². The van der Waals surface area contributed by atoms with Gasteiger partial charge in [-0.2, -0.15) is 0 Å². The SMILES string of the molecule is O=[N+]([O-])c1c(Cl)cccc1NC1Cc2ccccc2C1. The third-order valence-electron chi connectivity index (χ3n) is 3.58. The van der Waals surface area contributed by atoms with Crippen LogP contribution in [0.25, 0.3) is 0 Å². The van der Waals surface area contributed by atoms with Gasteiger partial charge >= 0.3 is 5.69 Å². The average molecular weight is 289 g/mol. The van der Waals surface area contributed by atoms with E-state index in [2.05, 4.69) is 17.4 Å². The summed E-state index contributed by atoms with van der Waals surface area (Å²) >= 11 is 5.92. The Kier molecular flexibility index (Phi) is 3.32. The Balaban J connectivity index is 1.84. The number of para-hydroxylation sites is 1. The molecule has 2 aromatic rings. The van der Waals surface area contributed by atoms with Crippen LogP contribution in [0, 0.1) is 10.1 Å².